The molecule has 7 heteroatoms. The van der Waals surface area contributed by atoms with Crippen LogP contribution in [0.15, 0.2) is 82.1 Å². The first-order valence-electron chi connectivity index (χ1n) is 9.75. The van der Waals surface area contributed by atoms with Gasteiger partial charge in [0.25, 0.3) is 5.91 Å². The molecule has 0 saturated carbocycles. The Morgan fingerprint density at radius 2 is 1.97 bits per heavy atom. The fraction of sp³-hybridized carbons (Fsp3) is 0.125. The Labute approximate surface area is 182 Å². The number of hydrogen-bond acceptors (Lipinski definition) is 6. The van der Waals surface area contributed by atoms with Gasteiger partial charge in [-0.15, -0.1) is 11.3 Å². The van der Waals surface area contributed by atoms with E-state index in [2.05, 4.69) is 4.98 Å². The Hall–Kier alpha value is -3.71. The summed E-state index contributed by atoms with van der Waals surface area (Å²) in [5.74, 6) is -1.50. The summed E-state index contributed by atoms with van der Waals surface area (Å²) < 4.78 is 5.75. The van der Waals surface area contributed by atoms with E-state index in [1.807, 2.05) is 48.7 Å². The molecule has 3 aromatic heterocycles. The van der Waals surface area contributed by atoms with E-state index >= 15 is 0 Å². The fourth-order valence-corrected chi connectivity index (χ4v) is 4.94. The number of Topliss-reactive ketones (excluding diaryl/α,β-unsaturated/α-hetero) is 1. The van der Waals surface area contributed by atoms with E-state index in [-0.39, 0.29) is 17.9 Å². The van der Waals surface area contributed by atoms with Gasteiger partial charge in [0.1, 0.15) is 11.6 Å². The van der Waals surface area contributed by atoms with E-state index in [9.17, 15) is 14.7 Å². The second-order valence-electron chi connectivity index (χ2n) is 7.40. The van der Waals surface area contributed by atoms with Gasteiger partial charge in [-0.3, -0.25) is 14.6 Å². The standard InChI is InChI=1S/C24H18N2O4S/c1-14-8-11-31-23(14)20-19(21(27)18-12-16-4-2-3-5-17(16)30-18)22(28)24(29)26(20)13-15-6-9-25-10-7-15/h2-12,20,28H,13H2,1H3. The van der Waals surface area contributed by atoms with Crippen LogP contribution in [0, 0.1) is 6.92 Å². The van der Waals surface area contributed by atoms with Crippen molar-refractivity contribution < 1.29 is 19.1 Å². The number of para-hydroxylation sites is 1. The first-order chi connectivity index (χ1) is 15.0. The largest absolute Gasteiger partial charge is 0.503 e. The molecular weight excluding hydrogens is 412 g/mol. The molecule has 4 heterocycles. The van der Waals surface area contributed by atoms with Crippen molar-refractivity contribution >= 4 is 34.0 Å². The number of carbonyl (C=O) groups excluding carboxylic acids is 2. The highest BCUT2D eigenvalue weighted by molar-refractivity contribution is 7.10. The number of benzene rings is 1. The van der Waals surface area contributed by atoms with E-state index in [4.69, 9.17) is 4.42 Å². The summed E-state index contributed by atoms with van der Waals surface area (Å²) in [6.45, 7) is 2.17. The molecule has 0 saturated heterocycles. The van der Waals surface area contributed by atoms with Crippen LogP contribution in [0.25, 0.3) is 11.0 Å². The zero-order valence-electron chi connectivity index (χ0n) is 16.6. The maximum absolute atomic E-state index is 13.5. The Morgan fingerprint density at radius 3 is 2.68 bits per heavy atom. The molecule has 1 aromatic carbocycles. The number of carbonyl (C=O) groups is 2. The first-order valence-corrected chi connectivity index (χ1v) is 10.6. The topological polar surface area (TPSA) is 83.6 Å². The van der Waals surface area contributed by atoms with Gasteiger partial charge in [0, 0.05) is 29.2 Å². The average molecular weight is 430 g/mol. The van der Waals surface area contributed by atoms with Crippen LogP contribution < -0.4 is 0 Å². The molecule has 1 atom stereocenters. The number of hydrogen-bond donors (Lipinski definition) is 1. The molecule has 5 rings (SSSR count). The molecule has 4 aromatic rings. The first kappa shape index (κ1) is 19.3. The summed E-state index contributed by atoms with van der Waals surface area (Å²) >= 11 is 1.45. The molecule has 1 aliphatic rings. The summed E-state index contributed by atoms with van der Waals surface area (Å²) in [7, 11) is 0. The smallest absolute Gasteiger partial charge is 0.290 e. The van der Waals surface area contributed by atoms with Gasteiger partial charge in [0.2, 0.25) is 5.78 Å². The van der Waals surface area contributed by atoms with Gasteiger partial charge in [-0.1, -0.05) is 18.2 Å². The van der Waals surface area contributed by atoms with Crippen molar-refractivity contribution in [1.29, 1.82) is 0 Å². The number of amides is 1. The van der Waals surface area contributed by atoms with E-state index in [0.717, 1.165) is 21.4 Å². The molecular formula is C24H18N2O4S. The van der Waals surface area contributed by atoms with Crippen molar-refractivity contribution in [2.75, 3.05) is 0 Å². The van der Waals surface area contributed by atoms with E-state index in [1.165, 1.54) is 16.2 Å². The minimum Gasteiger partial charge on any atom is -0.503 e. The van der Waals surface area contributed by atoms with Crippen molar-refractivity contribution in [2.24, 2.45) is 0 Å². The van der Waals surface area contributed by atoms with Gasteiger partial charge < -0.3 is 14.4 Å². The Morgan fingerprint density at radius 1 is 1.19 bits per heavy atom. The Kier molecular flexibility index (Phi) is 4.67. The zero-order chi connectivity index (χ0) is 21.5. The zero-order valence-corrected chi connectivity index (χ0v) is 17.4. The number of aliphatic hydroxyl groups is 1. The molecule has 0 bridgehead atoms. The number of ketones is 1. The lowest BCUT2D eigenvalue weighted by Crippen LogP contribution is -2.30. The minimum absolute atomic E-state index is 0.0451. The molecule has 154 valence electrons. The van der Waals surface area contributed by atoms with Crippen LogP contribution in [0.1, 0.15) is 32.6 Å². The normalized spacial score (nSPS) is 16.5. The molecule has 1 N–H and O–H groups in total. The number of aliphatic hydroxyl groups excluding tert-OH is 1. The van der Waals surface area contributed by atoms with Gasteiger partial charge in [-0.2, -0.15) is 0 Å². The molecule has 1 aliphatic heterocycles. The quantitative estimate of drug-likeness (QED) is 0.452. The van der Waals surface area contributed by atoms with Crippen molar-refractivity contribution in [3.8, 4) is 0 Å². The highest BCUT2D eigenvalue weighted by atomic mass is 32.1. The third-order valence-electron chi connectivity index (χ3n) is 5.45. The van der Waals surface area contributed by atoms with Crippen molar-refractivity contribution in [1.82, 2.24) is 9.88 Å². The van der Waals surface area contributed by atoms with Crippen molar-refractivity contribution in [2.45, 2.75) is 19.5 Å². The van der Waals surface area contributed by atoms with Gasteiger partial charge in [-0.25, -0.2) is 0 Å². The van der Waals surface area contributed by atoms with Crippen LogP contribution in [-0.2, 0) is 11.3 Å². The fourth-order valence-electron chi connectivity index (χ4n) is 3.90. The van der Waals surface area contributed by atoms with Gasteiger partial charge in [-0.05, 0) is 53.8 Å². The van der Waals surface area contributed by atoms with Crippen LogP contribution in [0.3, 0.4) is 0 Å². The number of nitrogens with zero attached hydrogens (tertiary/aromatic N) is 2. The number of thiophene rings is 1. The molecule has 0 radical (unpaired) electrons. The van der Waals surface area contributed by atoms with Crippen molar-refractivity contribution in [3.63, 3.8) is 0 Å². The van der Waals surface area contributed by atoms with Gasteiger partial charge in [0.05, 0.1) is 5.57 Å². The lowest BCUT2D eigenvalue weighted by Gasteiger charge is -2.26. The molecule has 6 nitrogen and oxygen atoms in total. The third kappa shape index (κ3) is 3.23. The summed E-state index contributed by atoms with van der Waals surface area (Å²) in [5, 5.41) is 13.5. The number of aromatic nitrogens is 1. The van der Waals surface area contributed by atoms with Crippen LogP contribution in [0.5, 0.6) is 0 Å². The predicted octanol–water partition coefficient (Wildman–Crippen LogP) is 4.98. The lowest BCUT2D eigenvalue weighted by molar-refractivity contribution is -0.130. The SMILES string of the molecule is Cc1ccsc1C1C(C(=O)c2cc3ccccc3o2)=C(O)C(=O)N1Cc1ccncc1. The molecule has 1 amide bonds. The molecule has 31 heavy (non-hydrogen) atoms. The minimum atomic E-state index is -0.693. The monoisotopic (exact) mass is 430 g/mol. The summed E-state index contributed by atoms with van der Waals surface area (Å²) in [6.07, 6.45) is 3.30. The highest BCUT2D eigenvalue weighted by Crippen LogP contribution is 2.43. The summed E-state index contributed by atoms with van der Waals surface area (Å²) in [6, 6.07) is 13.8. The summed E-state index contributed by atoms with van der Waals surface area (Å²) in [4.78, 5) is 32.9. The number of pyridine rings is 1. The van der Waals surface area contributed by atoms with Gasteiger partial charge in [0.15, 0.2) is 11.5 Å². The van der Waals surface area contributed by atoms with Crippen molar-refractivity contribution in [3.05, 3.63) is 99.4 Å². The van der Waals surface area contributed by atoms with Crippen LogP contribution in [0.2, 0.25) is 0 Å². The lowest BCUT2D eigenvalue weighted by atomic mass is 9.98. The Balaban J connectivity index is 1.60. The number of aryl methyl sites for hydroxylation is 1. The highest BCUT2D eigenvalue weighted by Gasteiger charge is 2.45. The number of furan rings is 1. The average Bonchev–Trinajstić information content (AvgIpc) is 3.46. The maximum Gasteiger partial charge on any atom is 0.290 e. The second kappa shape index (κ2) is 7.52. The maximum atomic E-state index is 13.5. The Bertz CT molecular complexity index is 1300. The van der Waals surface area contributed by atoms with Crippen LogP contribution in [-0.4, -0.2) is 26.7 Å². The van der Waals surface area contributed by atoms with Crippen LogP contribution >= 0.6 is 11.3 Å². The van der Waals surface area contributed by atoms with E-state index < -0.39 is 23.5 Å². The number of rotatable bonds is 5. The van der Waals surface area contributed by atoms with Gasteiger partial charge >= 0.3 is 0 Å². The third-order valence-corrected chi connectivity index (χ3v) is 6.52. The predicted molar refractivity (Wildman–Crippen MR) is 117 cm³/mol. The van der Waals surface area contributed by atoms with Crippen LogP contribution in [0.4, 0.5) is 0 Å². The van der Waals surface area contributed by atoms with E-state index in [1.54, 1.807) is 24.5 Å². The molecule has 0 fully saturated rings. The number of fused-ring (bicyclic) bond motifs is 1. The molecule has 0 spiro atoms. The molecule has 1 unspecified atom stereocenters. The van der Waals surface area contributed by atoms with E-state index in [0.29, 0.717) is 5.58 Å². The summed E-state index contributed by atoms with van der Waals surface area (Å²) in [5.41, 5.74) is 2.43. The molecule has 0 aliphatic carbocycles. The second-order valence-corrected chi connectivity index (χ2v) is 8.35.